The average molecular weight is 309 g/mol. The Morgan fingerprint density at radius 1 is 1.14 bits per heavy atom. The Bertz CT molecular complexity index is 638. The van der Waals surface area contributed by atoms with Crippen LogP contribution in [0.1, 0.15) is 40.3 Å². The number of rotatable bonds is 2. The zero-order chi connectivity index (χ0) is 14.5. The van der Waals surface area contributed by atoms with Crippen molar-refractivity contribution >= 4 is 35.9 Å². The van der Waals surface area contributed by atoms with Gasteiger partial charge in [0.25, 0.3) is 0 Å². The van der Waals surface area contributed by atoms with Crippen LogP contribution < -0.4 is 5.46 Å². The van der Waals surface area contributed by atoms with Gasteiger partial charge >= 0.3 is 7.12 Å². The summed E-state index contributed by atoms with van der Waals surface area (Å²) in [4.78, 5) is 0. The molecule has 0 aliphatic carbocycles. The molecule has 1 N–H and O–H groups in total. The predicted molar refractivity (Wildman–Crippen MR) is 88.4 cm³/mol. The Hall–Kier alpha value is -1.04. The van der Waals surface area contributed by atoms with Crippen molar-refractivity contribution in [3.05, 3.63) is 23.9 Å². The molecule has 1 aliphatic heterocycles. The Morgan fingerprint density at radius 2 is 1.76 bits per heavy atom. The van der Waals surface area contributed by atoms with E-state index in [-0.39, 0.29) is 30.7 Å². The molecule has 2 heterocycles. The van der Waals surface area contributed by atoms with Crippen LogP contribution in [-0.2, 0) is 15.7 Å². The van der Waals surface area contributed by atoms with E-state index in [2.05, 4.69) is 50.9 Å². The lowest BCUT2D eigenvalue weighted by Gasteiger charge is -2.32. The lowest BCUT2D eigenvalue weighted by molar-refractivity contribution is 0.00578. The van der Waals surface area contributed by atoms with E-state index in [0.29, 0.717) is 0 Å². The van der Waals surface area contributed by atoms with Gasteiger partial charge in [-0.25, -0.2) is 0 Å². The number of H-pyrrole nitrogens is 1. The van der Waals surface area contributed by atoms with E-state index in [4.69, 9.17) is 9.31 Å². The molecule has 1 saturated heterocycles. The number of halogens is 1. The SMILES string of the molecule is CCc1[nH]nc2ccc(B3OC(C)(C)C(C)(C)O3)cc12.Cl. The van der Waals surface area contributed by atoms with Crippen LogP contribution in [0.4, 0.5) is 0 Å². The number of aromatic amines is 1. The number of fused-ring (bicyclic) bond motifs is 1. The fourth-order valence-corrected chi connectivity index (χ4v) is 2.48. The predicted octanol–water partition coefficient (Wildman–Crippen LogP) is 2.85. The third-order valence-corrected chi connectivity index (χ3v) is 4.54. The first kappa shape index (κ1) is 16.3. The van der Waals surface area contributed by atoms with Crippen molar-refractivity contribution in [2.75, 3.05) is 0 Å². The lowest BCUT2D eigenvalue weighted by atomic mass is 9.78. The maximum absolute atomic E-state index is 6.10. The highest BCUT2D eigenvalue weighted by Gasteiger charge is 2.51. The molecule has 1 fully saturated rings. The Morgan fingerprint density at radius 3 is 2.33 bits per heavy atom. The zero-order valence-corrected chi connectivity index (χ0v) is 14.0. The molecule has 1 aliphatic rings. The highest BCUT2D eigenvalue weighted by atomic mass is 35.5. The minimum atomic E-state index is -0.316. The van der Waals surface area contributed by atoms with Crippen molar-refractivity contribution in [2.24, 2.45) is 0 Å². The standard InChI is InChI=1S/C15H21BN2O2.ClH/c1-6-12-11-9-10(7-8-13(11)18-17-12)16-19-14(2,3)15(4,5)20-16;/h7-9H,6H2,1-5H3,(H,17,18);1H. The summed E-state index contributed by atoms with van der Waals surface area (Å²) in [6.45, 7) is 10.4. The molecule has 4 nitrogen and oxygen atoms in total. The topological polar surface area (TPSA) is 47.1 Å². The Balaban J connectivity index is 0.00000161. The first-order chi connectivity index (χ1) is 9.34. The fraction of sp³-hybridized carbons (Fsp3) is 0.533. The molecule has 21 heavy (non-hydrogen) atoms. The van der Waals surface area contributed by atoms with Crippen LogP contribution >= 0.6 is 12.4 Å². The van der Waals surface area contributed by atoms with E-state index >= 15 is 0 Å². The minimum Gasteiger partial charge on any atom is -0.399 e. The number of aryl methyl sites for hydroxylation is 1. The molecule has 114 valence electrons. The van der Waals surface area contributed by atoms with Gasteiger partial charge in [-0.15, -0.1) is 12.4 Å². The van der Waals surface area contributed by atoms with Crippen molar-refractivity contribution in [1.29, 1.82) is 0 Å². The molecule has 0 amide bonds. The number of benzene rings is 1. The van der Waals surface area contributed by atoms with Gasteiger partial charge in [-0.05, 0) is 45.6 Å². The van der Waals surface area contributed by atoms with Crippen LogP contribution in [-0.4, -0.2) is 28.5 Å². The molecule has 1 aromatic carbocycles. The normalized spacial score (nSPS) is 19.8. The van der Waals surface area contributed by atoms with Crippen molar-refractivity contribution in [3.8, 4) is 0 Å². The molecular formula is C15H22BClN2O2. The second-order valence-electron chi connectivity index (χ2n) is 6.42. The quantitative estimate of drug-likeness (QED) is 0.868. The van der Waals surface area contributed by atoms with Crippen LogP contribution in [0.5, 0.6) is 0 Å². The third kappa shape index (κ3) is 2.58. The van der Waals surface area contributed by atoms with Crippen molar-refractivity contribution in [3.63, 3.8) is 0 Å². The van der Waals surface area contributed by atoms with Crippen molar-refractivity contribution in [2.45, 2.75) is 52.2 Å². The van der Waals surface area contributed by atoms with Gasteiger partial charge in [-0.3, -0.25) is 5.10 Å². The molecule has 0 saturated carbocycles. The smallest absolute Gasteiger partial charge is 0.399 e. The molecule has 0 radical (unpaired) electrons. The lowest BCUT2D eigenvalue weighted by Crippen LogP contribution is -2.41. The van der Waals surface area contributed by atoms with Gasteiger partial charge in [-0.1, -0.05) is 19.1 Å². The first-order valence-corrected chi connectivity index (χ1v) is 7.16. The van der Waals surface area contributed by atoms with Gasteiger partial charge in [-0.2, -0.15) is 5.10 Å². The molecule has 2 aromatic rings. The summed E-state index contributed by atoms with van der Waals surface area (Å²) < 4.78 is 12.2. The molecule has 3 rings (SSSR count). The summed E-state index contributed by atoms with van der Waals surface area (Å²) in [7, 11) is -0.316. The molecule has 6 heteroatoms. The fourth-order valence-electron chi connectivity index (χ4n) is 2.48. The summed E-state index contributed by atoms with van der Waals surface area (Å²) in [6.07, 6.45) is 0.934. The molecule has 0 bridgehead atoms. The van der Waals surface area contributed by atoms with Gasteiger partial charge in [0.15, 0.2) is 0 Å². The number of hydrogen-bond acceptors (Lipinski definition) is 3. The summed E-state index contributed by atoms with van der Waals surface area (Å²) in [5, 5.41) is 8.54. The van der Waals surface area contributed by atoms with Crippen LogP contribution in [0.15, 0.2) is 18.2 Å². The maximum atomic E-state index is 6.10. The second kappa shape index (κ2) is 5.31. The van der Waals surface area contributed by atoms with E-state index in [1.54, 1.807) is 0 Å². The van der Waals surface area contributed by atoms with E-state index in [0.717, 1.165) is 28.5 Å². The van der Waals surface area contributed by atoms with Crippen LogP contribution in [0.25, 0.3) is 10.9 Å². The van der Waals surface area contributed by atoms with Gasteiger partial charge in [0, 0.05) is 11.1 Å². The molecule has 0 unspecified atom stereocenters. The zero-order valence-electron chi connectivity index (χ0n) is 13.2. The summed E-state index contributed by atoms with van der Waals surface area (Å²) in [5.74, 6) is 0. The van der Waals surface area contributed by atoms with Crippen LogP contribution in [0.2, 0.25) is 0 Å². The number of hydrogen-bond donors (Lipinski definition) is 1. The van der Waals surface area contributed by atoms with E-state index in [9.17, 15) is 0 Å². The van der Waals surface area contributed by atoms with Crippen LogP contribution in [0, 0.1) is 0 Å². The van der Waals surface area contributed by atoms with E-state index in [1.165, 1.54) is 0 Å². The summed E-state index contributed by atoms with van der Waals surface area (Å²) >= 11 is 0. The largest absolute Gasteiger partial charge is 0.494 e. The summed E-state index contributed by atoms with van der Waals surface area (Å²) in [5.41, 5.74) is 2.57. The molecule has 0 spiro atoms. The highest BCUT2D eigenvalue weighted by Crippen LogP contribution is 2.36. The maximum Gasteiger partial charge on any atom is 0.494 e. The molecule has 0 atom stereocenters. The highest BCUT2D eigenvalue weighted by molar-refractivity contribution is 6.62. The van der Waals surface area contributed by atoms with Gasteiger partial charge in [0.1, 0.15) is 0 Å². The molecule has 1 aromatic heterocycles. The van der Waals surface area contributed by atoms with Crippen molar-refractivity contribution < 1.29 is 9.31 Å². The Labute approximate surface area is 132 Å². The summed E-state index contributed by atoms with van der Waals surface area (Å²) in [6, 6.07) is 6.18. The second-order valence-corrected chi connectivity index (χ2v) is 6.42. The average Bonchev–Trinajstić information content (AvgIpc) is 2.87. The van der Waals surface area contributed by atoms with Gasteiger partial charge < -0.3 is 9.31 Å². The number of nitrogens with zero attached hydrogens (tertiary/aromatic N) is 1. The van der Waals surface area contributed by atoms with Gasteiger partial charge in [0.05, 0.1) is 16.7 Å². The number of aromatic nitrogens is 2. The monoisotopic (exact) mass is 308 g/mol. The van der Waals surface area contributed by atoms with Gasteiger partial charge in [0.2, 0.25) is 0 Å². The van der Waals surface area contributed by atoms with E-state index in [1.807, 2.05) is 12.1 Å². The first-order valence-electron chi connectivity index (χ1n) is 7.16. The third-order valence-electron chi connectivity index (χ3n) is 4.54. The van der Waals surface area contributed by atoms with Crippen LogP contribution in [0.3, 0.4) is 0 Å². The molecular weight excluding hydrogens is 286 g/mol. The number of nitrogens with one attached hydrogen (secondary N) is 1. The van der Waals surface area contributed by atoms with Crippen molar-refractivity contribution in [1.82, 2.24) is 10.2 Å². The minimum absolute atomic E-state index is 0. The Kier molecular flexibility index (Phi) is 4.13. The van der Waals surface area contributed by atoms with E-state index < -0.39 is 0 Å².